The predicted octanol–water partition coefficient (Wildman–Crippen LogP) is 3.25. The monoisotopic (exact) mass is 523 g/mol. The van der Waals surface area contributed by atoms with Gasteiger partial charge in [-0.1, -0.05) is 55.8 Å². The van der Waals surface area contributed by atoms with Gasteiger partial charge >= 0.3 is 0 Å². The van der Waals surface area contributed by atoms with Crippen LogP contribution in [0.25, 0.3) is 0 Å². The molecular weight excluding hydrogens is 486 g/mol. The number of fused-ring (bicyclic) bond motifs is 2. The number of aliphatic hydroxyl groups excluding tert-OH is 1. The minimum atomic E-state index is -0.812. The molecule has 1 unspecified atom stereocenters. The zero-order valence-corrected chi connectivity index (χ0v) is 22.5. The highest BCUT2D eigenvalue weighted by Gasteiger charge is 2.73. The normalized spacial score (nSPS) is 32.9. The number of hydrogen-bond acceptors (Lipinski definition) is 5. The smallest absolute Gasteiger partial charge is 0.247 e. The molecule has 4 aliphatic rings. The summed E-state index contributed by atoms with van der Waals surface area (Å²) in [6.45, 7) is 6.23. The van der Waals surface area contributed by atoms with Crippen molar-refractivity contribution in [1.82, 2.24) is 9.80 Å². The van der Waals surface area contributed by atoms with Gasteiger partial charge in [-0.2, -0.15) is 0 Å². The minimum Gasteiger partial charge on any atom is -0.396 e. The van der Waals surface area contributed by atoms with Crippen LogP contribution >= 0.6 is 11.8 Å². The van der Waals surface area contributed by atoms with E-state index in [0.717, 1.165) is 18.5 Å². The molecular formula is C29H37N3O4S. The molecule has 5 rings (SSSR count). The zero-order valence-electron chi connectivity index (χ0n) is 21.7. The number of carbonyl (C=O) groups is 3. The molecule has 0 saturated carbocycles. The second-order valence-electron chi connectivity index (χ2n) is 10.7. The van der Waals surface area contributed by atoms with E-state index in [1.807, 2.05) is 47.4 Å². The van der Waals surface area contributed by atoms with Crippen LogP contribution in [0.3, 0.4) is 0 Å². The largest absolute Gasteiger partial charge is 0.396 e. The van der Waals surface area contributed by atoms with Crippen LogP contribution in [0.2, 0.25) is 0 Å². The molecule has 4 aliphatic heterocycles. The maximum absolute atomic E-state index is 14.3. The number of thioether (sulfide) groups is 1. The molecule has 1 spiro atoms. The Labute approximate surface area is 223 Å². The molecule has 7 nitrogen and oxygen atoms in total. The Balaban J connectivity index is 1.59. The Morgan fingerprint density at radius 3 is 2.41 bits per heavy atom. The summed E-state index contributed by atoms with van der Waals surface area (Å²) >= 11 is 1.62. The van der Waals surface area contributed by atoms with E-state index in [1.54, 1.807) is 21.6 Å². The molecule has 3 amide bonds. The molecule has 37 heavy (non-hydrogen) atoms. The summed E-state index contributed by atoms with van der Waals surface area (Å²) in [7, 11) is 0. The van der Waals surface area contributed by atoms with Gasteiger partial charge in [-0.3, -0.25) is 14.4 Å². The van der Waals surface area contributed by atoms with E-state index in [-0.39, 0.29) is 24.3 Å². The molecule has 5 atom stereocenters. The molecule has 1 aromatic rings. The molecule has 0 aliphatic carbocycles. The molecule has 1 N–H and O–H groups in total. The van der Waals surface area contributed by atoms with Gasteiger partial charge in [0.1, 0.15) is 6.04 Å². The number of amides is 3. The first-order valence-corrected chi connectivity index (χ1v) is 14.3. The van der Waals surface area contributed by atoms with E-state index in [1.165, 1.54) is 0 Å². The lowest BCUT2D eigenvalue weighted by Gasteiger charge is -2.37. The van der Waals surface area contributed by atoms with E-state index in [2.05, 4.69) is 26.0 Å². The molecule has 8 heteroatoms. The maximum atomic E-state index is 14.3. The fourth-order valence-corrected chi connectivity index (χ4v) is 8.75. The molecule has 2 fully saturated rings. The molecule has 2 saturated heterocycles. The zero-order chi connectivity index (χ0) is 26.2. The number of nitrogens with zero attached hydrogens (tertiary/aromatic N) is 3. The van der Waals surface area contributed by atoms with Crippen molar-refractivity contribution in [1.29, 1.82) is 0 Å². The molecule has 0 aromatic heterocycles. The van der Waals surface area contributed by atoms with Crippen LogP contribution in [0, 0.1) is 11.8 Å². The summed E-state index contributed by atoms with van der Waals surface area (Å²) < 4.78 is -1.42. The highest BCUT2D eigenvalue weighted by molar-refractivity contribution is 8.02. The van der Waals surface area contributed by atoms with Crippen molar-refractivity contribution in [2.24, 2.45) is 11.8 Å². The molecule has 4 heterocycles. The fraction of sp³-hybridized carbons (Fsp3) is 0.552. The Hall–Kier alpha value is -2.58. The van der Waals surface area contributed by atoms with Crippen molar-refractivity contribution < 1.29 is 19.5 Å². The number of benzene rings is 1. The van der Waals surface area contributed by atoms with Crippen molar-refractivity contribution in [2.45, 2.75) is 55.1 Å². The third kappa shape index (κ3) is 4.22. The van der Waals surface area contributed by atoms with E-state index in [9.17, 15) is 19.5 Å². The first-order chi connectivity index (χ1) is 17.9. The van der Waals surface area contributed by atoms with Gasteiger partial charge < -0.3 is 19.8 Å². The Morgan fingerprint density at radius 1 is 0.919 bits per heavy atom. The van der Waals surface area contributed by atoms with Crippen LogP contribution in [-0.2, 0) is 14.4 Å². The van der Waals surface area contributed by atoms with Crippen molar-refractivity contribution in [2.75, 3.05) is 37.7 Å². The van der Waals surface area contributed by atoms with Gasteiger partial charge in [-0.15, -0.1) is 11.8 Å². The van der Waals surface area contributed by atoms with E-state index in [0.29, 0.717) is 39.0 Å². The second kappa shape index (κ2) is 10.3. The lowest BCUT2D eigenvalue weighted by molar-refractivity contribution is -0.142. The van der Waals surface area contributed by atoms with Crippen LogP contribution in [0.4, 0.5) is 5.69 Å². The second-order valence-corrected chi connectivity index (χ2v) is 12.5. The average Bonchev–Trinajstić information content (AvgIpc) is 3.15. The van der Waals surface area contributed by atoms with Gasteiger partial charge in [0.2, 0.25) is 17.7 Å². The van der Waals surface area contributed by atoms with Crippen LogP contribution in [0.1, 0.15) is 39.5 Å². The van der Waals surface area contributed by atoms with Gasteiger partial charge in [0, 0.05) is 43.2 Å². The van der Waals surface area contributed by atoms with Gasteiger partial charge in [-0.05, 0) is 38.3 Å². The Bertz CT molecular complexity index is 1110. The average molecular weight is 524 g/mol. The van der Waals surface area contributed by atoms with Crippen molar-refractivity contribution in [3.8, 4) is 0 Å². The molecule has 1 aromatic carbocycles. The number of carbonyl (C=O) groups excluding carboxylic acids is 3. The van der Waals surface area contributed by atoms with Gasteiger partial charge in [0.25, 0.3) is 0 Å². The van der Waals surface area contributed by atoms with E-state index >= 15 is 0 Å². The van der Waals surface area contributed by atoms with E-state index < -0.39 is 27.4 Å². The SMILES string of the molecule is CCCCN1CC=C[C@]23S[C@]4(C)C=CCN(c5ccccc5)C(=O)[C@@H]4[C@H]2C(=O)N(CCCCO)C3C1=O. The number of rotatable bonds is 8. The van der Waals surface area contributed by atoms with Crippen LogP contribution in [-0.4, -0.2) is 80.9 Å². The Morgan fingerprint density at radius 2 is 1.68 bits per heavy atom. The van der Waals surface area contributed by atoms with Crippen molar-refractivity contribution >= 4 is 35.2 Å². The highest BCUT2D eigenvalue weighted by atomic mass is 32.2. The number of para-hydroxylation sites is 1. The number of aliphatic hydroxyl groups is 1. The van der Waals surface area contributed by atoms with Crippen LogP contribution in [0.15, 0.2) is 54.6 Å². The third-order valence-corrected chi connectivity index (χ3v) is 10.1. The predicted molar refractivity (Wildman–Crippen MR) is 146 cm³/mol. The molecule has 198 valence electrons. The topological polar surface area (TPSA) is 81.2 Å². The summed E-state index contributed by atoms with van der Waals surface area (Å²) in [6.07, 6.45) is 11.3. The lowest BCUT2D eigenvalue weighted by Crippen LogP contribution is -2.53. The first kappa shape index (κ1) is 26.0. The number of unbranched alkanes of at least 4 members (excludes halogenated alkanes) is 2. The molecule has 0 radical (unpaired) electrons. The van der Waals surface area contributed by atoms with Crippen LogP contribution < -0.4 is 4.90 Å². The molecule has 0 bridgehead atoms. The summed E-state index contributed by atoms with van der Waals surface area (Å²) in [6, 6.07) is 8.95. The standard InChI is InChI=1S/C29H37N3O4S/c1-3-4-16-30-17-11-15-29-23(26(35)32(18-8-9-20-33)24(29)27(30)36)22-25(34)31(21-12-6-5-7-13-21)19-10-14-28(22,2)37-29/h5-7,10-15,22-24,33H,3-4,8-9,16-20H2,1-2H3/t22-,23-,24?,28+,29-/m0/s1. The number of anilines is 1. The summed E-state index contributed by atoms with van der Waals surface area (Å²) in [5, 5.41) is 9.37. The summed E-state index contributed by atoms with van der Waals surface area (Å²) in [5.74, 6) is -1.42. The van der Waals surface area contributed by atoms with Gasteiger partial charge in [-0.25, -0.2) is 0 Å². The fourth-order valence-electron chi connectivity index (χ4n) is 6.59. The maximum Gasteiger partial charge on any atom is 0.247 e. The van der Waals surface area contributed by atoms with Crippen LogP contribution in [0.5, 0.6) is 0 Å². The van der Waals surface area contributed by atoms with E-state index in [4.69, 9.17) is 0 Å². The summed E-state index contributed by atoms with van der Waals surface area (Å²) in [4.78, 5) is 48.1. The number of likely N-dealkylation sites (tertiary alicyclic amines) is 1. The van der Waals surface area contributed by atoms with Crippen molar-refractivity contribution in [3.63, 3.8) is 0 Å². The van der Waals surface area contributed by atoms with Crippen molar-refractivity contribution in [3.05, 3.63) is 54.6 Å². The highest BCUT2D eigenvalue weighted by Crippen LogP contribution is 2.65. The van der Waals surface area contributed by atoms with Gasteiger partial charge in [0.15, 0.2) is 0 Å². The first-order valence-electron chi connectivity index (χ1n) is 13.5. The minimum absolute atomic E-state index is 0.0257. The third-order valence-electron chi connectivity index (χ3n) is 8.30. The quantitative estimate of drug-likeness (QED) is 0.418. The lowest BCUT2D eigenvalue weighted by atomic mass is 9.74. The Kier molecular flexibility index (Phi) is 7.24. The number of hydrogen-bond donors (Lipinski definition) is 1. The summed E-state index contributed by atoms with van der Waals surface area (Å²) in [5.41, 5.74) is 0.812. The van der Waals surface area contributed by atoms with Gasteiger partial charge in [0.05, 0.1) is 16.6 Å².